The molecule has 0 atom stereocenters. The van der Waals surface area contributed by atoms with Crippen molar-refractivity contribution in [2.24, 2.45) is 0 Å². The second-order valence-corrected chi connectivity index (χ2v) is 5.89. The Balaban J connectivity index is 3.19. The number of amides is 1. The number of hydrogen-bond donors (Lipinski definition) is 2. The lowest BCUT2D eigenvalue weighted by Gasteiger charge is -2.01. The first-order valence-corrected chi connectivity index (χ1v) is 9.19. The van der Waals surface area contributed by atoms with Gasteiger partial charge in [-0.1, -0.05) is 89.4 Å². The van der Waals surface area contributed by atoms with Crippen molar-refractivity contribution in [3.05, 3.63) is 24.3 Å². The Bertz CT molecular complexity index is 314. The summed E-state index contributed by atoms with van der Waals surface area (Å²) in [6.07, 6.45) is 23.0. The maximum Gasteiger partial charge on any atom is 0.431 e. The lowest BCUT2D eigenvalue weighted by molar-refractivity contribution is 0.0969. The van der Waals surface area contributed by atoms with Crippen LogP contribution in [0.5, 0.6) is 0 Å². The Morgan fingerprint density at radius 2 is 1.39 bits per heavy atom. The van der Waals surface area contributed by atoms with E-state index in [0.717, 1.165) is 6.42 Å². The van der Waals surface area contributed by atoms with E-state index in [4.69, 9.17) is 5.21 Å². The Morgan fingerprint density at radius 3 is 1.96 bits per heavy atom. The predicted octanol–water partition coefficient (Wildman–Crippen LogP) is 5.92. The molecule has 0 radical (unpaired) electrons. The standard InChI is InChI=1S/C19H35NO3/c1-2-3-4-5-6-7-8-9-10-11-12-13-14-15-16-17-18-23-19(21)20-22/h14-17,22H,2-13,18H2,1H3,(H,20,21)/b15-14+,17-16-. The van der Waals surface area contributed by atoms with Crippen molar-refractivity contribution in [3.63, 3.8) is 0 Å². The van der Waals surface area contributed by atoms with Gasteiger partial charge in [-0.25, -0.2) is 10.3 Å². The van der Waals surface area contributed by atoms with Crippen molar-refractivity contribution >= 4 is 6.09 Å². The van der Waals surface area contributed by atoms with E-state index in [1.165, 1.54) is 76.1 Å². The monoisotopic (exact) mass is 325 g/mol. The van der Waals surface area contributed by atoms with Crippen molar-refractivity contribution in [2.45, 2.75) is 84.0 Å². The van der Waals surface area contributed by atoms with Gasteiger partial charge < -0.3 is 4.74 Å². The van der Waals surface area contributed by atoms with E-state index in [1.807, 2.05) is 12.2 Å². The first-order chi connectivity index (χ1) is 11.3. The molecule has 0 saturated heterocycles. The molecular weight excluding hydrogens is 290 g/mol. The molecule has 0 aliphatic rings. The topological polar surface area (TPSA) is 58.6 Å². The van der Waals surface area contributed by atoms with Crippen LogP contribution in [0.1, 0.15) is 84.0 Å². The fraction of sp³-hybridized carbons (Fsp3) is 0.737. The van der Waals surface area contributed by atoms with Crippen molar-refractivity contribution < 1.29 is 14.7 Å². The molecule has 0 rings (SSSR count). The van der Waals surface area contributed by atoms with Gasteiger partial charge >= 0.3 is 6.09 Å². The van der Waals surface area contributed by atoms with Crippen LogP contribution < -0.4 is 5.48 Å². The minimum atomic E-state index is -0.834. The largest absolute Gasteiger partial charge is 0.444 e. The molecule has 4 nitrogen and oxygen atoms in total. The first-order valence-electron chi connectivity index (χ1n) is 9.19. The van der Waals surface area contributed by atoms with E-state index in [9.17, 15) is 4.79 Å². The van der Waals surface area contributed by atoms with Gasteiger partial charge in [-0.3, -0.25) is 5.21 Å². The third kappa shape index (κ3) is 18.7. The van der Waals surface area contributed by atoms with Crippen LogP contribution in [0.4, 0.5) is 4.79 Å². The van der Waals surface area contributed by atoms with Crippen LogP contribution in [-0.4, -0.2) is 17.9 Å². The SMILES string of the molecule is CCCCCCCCCCCCC/C=C/C=C\COC(=O)NO. The van der Waals surface area contributed by atoms with Crippen LogP contribution >= 0.6 is 0 Å². The molecule has 134 valence electrons. The Labute approximate surface area is 142 Å². The smallest absolute Gasteiger partial charge is 0.431 e. The molecule has 2 N–H and O–H groups in total. The number of rotatable bonds is 15. The molecule has 1 amide bonds. The highest BCUT2D eigenvalue weighted by molar-refractivity contribution is 5.65. The van der Waals surface area contributed by atoms with Gasteiger partial charge in [0, 0.05) is 0 Å². The molecule has 0 aromatic carbocycles. The molecule has 0 fully saturated rings. The molecule has 0 aromatic heterocycles. The van der Waals surface area contributed by atoms with Crippen LogP contribution in [0, 0.1) is 0 Å². The van der Waals surface area contributed by atoms with Crippen LogP contribution in [0.15, 0.2) is 24.3 Å². The number of carbonyl (C=O) groups excluding carboxylic acids is 1. The molecule has 0 spiro atoms. The number of carbonyl (C=O) groups is 1. The maximum atomic E-state index is 10.5. The zero-order valence-electron chi connectivity index (χ0n) is 14.8. The maximum absolute atomic E-state index is 10.5. The minimum absolute atomic E-state index is 0.162. The zero-order valence-corrected chi connectivity index (χ0v) is 14.8. The van der Waals surface area contributed by atoms with Crippen molar-refractivity contribution in [3.8, 4) is 0 Å². The van der Waals surface area contributed by atoms with E-state index in [-0.39, 0.29) is 6.61 Å². The number of hydroxylamine groups is 1. The Hall–Kier alpha value is -1.29. The minimum Gasteiger partial charge on any atom is -0.444 e. The molecule has 0 aliphatic carbocycles. The Morgan fingerprint density at radius 1 is 0.870 bits per heavy atom. The van der Waals surface area contributed by atoms with Crippen LogP contribution in [-0.2, 0) is 4.74 Å². The van der Waals surface area contributed by atoms with E-state index in [0.29, 0.717) is 0 Å². The summed E-state index contributed by atoms with van der Waals surface area (Å²) >= 11 is 0. The third-order valence-electron chi connectivity index (χ3n) is 3.76. The molecule has 0 saturated carbocycles. The molecule has 0 bridgehead atoms. The van der Waals surface area contributed by atoms with Crippen molar-refractivity contribution in [1.82, 2.24) is 5.48 Å². The van der Waals surface area contributed by atoms with Gasteiger partial charge in [0.1, 0.15) is 6.61 Å². The van der Waals surface area contributed by atoms with Gasteiger partial charge in [0.2, 0.25) is 0 Å². The van der Waals surface area contributed by atoms with E-state index in [1.54, 1.807) is 6.08 Å². The van der Waals surface area contributed by atoms with Crippen LogP contribution in [0.3, 0.4) is 0 Å². The summed E-state index contributed by atoms with van der Waals surface area (Å²) in [5, 5.41) is 8.21. The van der Waals surface area contributed by atoms with E-state index in [2.05, 4.69) is 17.7 Å². The van der Waals surface area contributed by atoms with Crippen LogP contribution in [0.25, 0.3) is 0 Å². The number of ether oxygens (including phenoxy) is 1. The number of allylic oxidation sites excluding steroid dienone is 3. The second kappa shape index (κ2) is 18.8. The molecule has 0 aromatic rings. The molecule has 0 aliphatic heterocycles. The lowest BCUT2D eigenvalue weighted by atomic mass is 10.1. The second-order valence-electron chi connectivity index (χ2n) is 5.89. The summed E-state index contributed by atoms with van der Waals surface area (Å²) in [5.74, 6) is 0. The van der Waals surface area contributed by atoms with Gasteiger partial charge in [0.05, 0.1) is 0 Å². The van der Waals surface area contributed by atoms with Gasteiger partial charge in [0.25, 0.3) is 0 Å². The third-order valence-corrected chi connectivity index (χ3v) is 3.76. The van der Waals surface area contributed by atoms with Crippen LogP contribution in [0.2, 0.25) is 0 Å². The van der Waals surface area contributed by atoms with Gasteiger partial charge in [-0.05, 0) is 18.9 Å². The molecule has 0 unspecified atom stereocenters. The lowest BCUT2D eigenvalue weighted by Crippen LogP contribution is -2.19. The quantitative estimate of drug-likeness (QED) is 0.170. The van der Waals surface area contributed by atoms with Crippen molar-refractivity contribution in [1.29, 1.82) is 0 Å². The fourth-order valence-corrected chi connectivity index (χ4v) is 2.39. The number of hydrogen-bond acceptors (Lipinski definition) is 3. The highest BCUT2D eigenvalue weighted by Gasteiger charge is 1.93. The zero-order chi connectivity index (χ0) is 17.0. The average molecular weight is 325 g/mol. The first kappa shape index (κ1) is 21.7. The number of nitrogens with one attached hydrogen (secondary N) is 1. The van der Waals surface area contributed by atoms with Gasteiger partial charge in [-0.15, -0.1) is 0 Å². The average Bonchev–Trinajstić information content (AvgIpc) is 2.57. The summed E-state index contributed by atoms with van der Waals surface area (Å²) in [7, 11) is 0. The highest BCUT2D eigenvalue weighted by atomic mass is 16.6. The molecule has 23 heavy (non-hydrogen) atoms. The van der Waals surface area contributed by atoms with E-state index >= 15 is 0 Å². The molecule has 4 heteroatoms. The molecule has 0 heterocycles. The molecular formula is C19H35NO3. The predicted molar refractivity (Wildman–Crippen MR) is 95.6 cm³/mol. The van der Waals surface area contributed by atoms with Crippen molar-refractivity contribution in [2.75, 3.05) is 6.61 Å². The summed E-state index contributed by atoms with van der Waals surface area (Å²) in [6.45, 7) is 2.42. The summed E-state index contributed by atoms with van der Waals surface area (Å²) < 4.78 is 4.59. The number of unbranched alkanes of at least 4 members (excludes halogenated alkanes) is 11. The highest BCUT2D eigenvalue weighted by Crippen LogP contribution is 2.11. The normalized spacial score (nSPS) is 11.4. The summed E-state index contributed by atoms with van der Waals surface area (Å²) in [6, 6.07) is 0. The van der Waals surface area contributed by atoms with Gasteiger partial charge in [0.15, 0.2) is 0 Å². The van der Waals surface area contributed by atoms with E-state index < -0.39 is 6.09 Å². The van der Waals surface area contributed by atoms with Gasteiger partial charge in [-0.2, -0.15) is 0 Å². The summed E-state index contributed by atoms with van der Waals surface area (Å²) in [5.41, 5.74) is 1.41. The fourth-order valence-electron chi connectivity index (χ4n) is 2.39. The summed E-state index contributed by atoms with van der Waals surface area (Å²) in [4.78, 5) is 10.5. The Kier molecular flexibility index (Phi) is 17.7.